The van der Waals surface area contributed by atoms with Gasteiger partial charge in [-0.1, -0.05) is 139 Å². The Morgan fingerprint density at radius 3 is 2.18 bits per heavy atom. The molecule has 0 saturated carbocycles. The van der Waals surface area contributed by atoms with E-state index in [0.29, 0.717) is 0 Å². The van der Waals surface area contributed by atoms with E-state index in [0.717, 1.165) is 25.7 Å². The predicted octanol–water partition coefficient (Wildman–Crippen LogP) is 10.8. The van der Waals surface area contributed by atoms with Gasteiger partial charge in [0, 0.05) is 5.41 Å². The number of unbranched alkanes of at least 4 members (excludes halogenated alkanes) is 2. The molecular formula is C39H46. The molecule has 0 saturated heterocycles. The van der Waals surface area contributed by atoms with Gasteiger partial charge >= 0.3 is 0 Å². The minimum absolute atomic E-state index is 0.0312. The number of hydrogen-bond donors (Lipinski definition) is 0. The maximum Gasteiger partial charge on any atom is 0.0423 e. The first kappa shape index (κ1) is 27.4. The maximum atomic E-state index is 4.01. The van der Waals surface area contributed by atoms with Crippen molar-refractivity contribution in [2.75, 3.05) is 0 Å². The van der Waals surface area contributed by atoms with Crippen LogP contribution in [0.15, 0.2) is 97.1 Å². The molecule has 0 amide bonds. The number of rotatable bonds is 8. The monoisotopic (exact) mass is 514 g/mol. The van der Waals surface area contributed by atoms with Gasteiger partial charge in [0.05, 0.1) is 0 Å². The molecule has 39 heavy (non-hydrogen) atoms. The zero-order valence-electron chi connectivity index (χ0n) is 25.0. The minimum atomic E-state index is -0.158. The maximum absolute atomic E-state index is 4.01. The van der Waals surface area contributed by atoms with Gasteiger partial charge in [-0.15, -0.1) is 6.58 Å². The lowest BCUT2D eigenvalue weighted by atomic mass is 9.60. The first-order chi connectivity index (χ1) is 18.6. The van der Waals surface area contributed by atoms with E-state index in [9.17, 15) is 0 Å². The lowest BCUT2D eigenvalue weighted by Gasteiger charge is -2.42. The lowest BCUT2D eigenvalue weighted by Crippen LogP contribution is -2.35. The fourth-order valence-corrected chi connectivity index (χ4v) is 6.94. The van der Waals surface area contributed by atoms with Crippen molar-refractivity contribution in [1.29, 1.82) is 0 Å². The zero-order valence-corrected chi connectivity index (χ0v) is 25.0. The van der Waals surface area contributed by atoms with E-state index in [1.165, 1.54) is 51.8 Å². The standard InChI is InChI=1S/C39H46/c1-8-9-10-16-25-39(30-19-14-15-20-30,29-17-12-11-13-18-29)36-34-27-28-26-31(37(2,3)4)21-22-32(28)33(34)23-24-35(36)38(5,6)7/h8,11-15,17-19,21-24,26H,1,9-10,16,20,25,27H2,2-7H3. The van der Waals surface area contributed by atoms with Crippen LogP contribution in [-0.2, 0) is 22.7 Å². The van der Waals surface area contributed by atoms with Crippen molar-refractivity contribution < 1.29 is 0 Å². The highest BCUT2D eigenvalue weighted by Gasteiger charge is 2.44. The summed E-state index contributed by atoms with van der Waals surface area (Å²) in [7, 11) is 0. The van der Waals surface area contributed by atoms with E-state index in [1.54, 1.807) is 11.1 Å². The van der Waals surface area contributed by atoms with Crippen molar-refractivity contribution in [1.82, 2.24) is 0 Å². The second-order valence-electron chi connectivity index (χ2n) is 13.7. The van der Waals surface area contributed by atoms with Crippen molar-refractivity contribution in [2.24, 2.45) is 0 Å². The molecule has 2 aliphatic rings. The number of hydrogen-bond acceptors (Lipinski definition) is 0. The Morgan fingerprint density at radius 1 is 0.795 bits per heavy atom. The molecule has 2 aliphatic carbocycles. The van der Waals surface area contributed by atoms with Crippen LogP contribution in [0.2, 0.25) is 0 Å². The van der Waals surface area contributed by atoms with Crippen LogP contribution in [0.4, 0.5) is 0 Å². The Hall–Kier alpha value is -3.12. The molecule has 1 atom stereocenters. The van der Waals surface area contributed by atoms with Crippen LogP contribution in [0.3, 0.4) is 0 Å². The number of benzene rings is 3. The third-order valence-corrected chi connectivity index (χ3v) is 8.97. The average molecular weight is 515 g/mol. The largest absolute Gasteiger partial charge is 0.103 e. The van der Waals surface area contributed by atoms with Gasteiger partial charge < -0.3 is 0 Å². The second-order valence-corrected chi connectivity index (χ2v) is 13.7. The molecular weight excluding hydrogens is 468 g/mol. The fourth-order valence-electron chi connectivity index (χ4n) is 6.94. The summed E-state index contributed by atoms with van der Waals surface area (Å²) in [4.78, 5) is 0. The highest BCUT2D eigenvalue weighted by atomic mass is 14.5. The van der Waals surface area contributed by atoms with E-state index >= 15 is 0 Å². The molecule has 1 unspecified atom stereocenters. The predicted molar refractivity (Wildman–Crippen MR) is 170 cm³/mol. The summed E-state index contributed by atoms with van der Waals surface area (Å²) in [5, 5.41) is 0. The fraction of sp³-hybridized carbons (Fsp3) is 0.385. The van der Waals surface area contributed by atoms with Gasteiger partial charge in [-0.3, -0.25) is 0 Å². The molecule has 0 aromatic heterocycles. The molecule has 5 rings (SSSR count). The summed E-state index contributed by atoms with van der Waals surface area (Å²) in [5.74, 6) is 0. The molecule has 0 aliphatic heterocycles. The zero-order chi connectivity index (χ0) is 27.8. The summed E-state index contributed by atoms with van der Waals surface area (Å²) in [5.41, 5.74) is 13.4. The number of allylic oxidation sites excluding steroid dienone is 5. The highest BCUT2D eigenvalue weighted by Crippen LogP contribution is 2.54. The first-order valence-electron chi connectivity index (χ1n) is 14.9. The van der Waals surface area contributed by atoms with E-state index in [1.807, 2.05) is 0 Å². The summed E-state index contributed by atoms with van der Waals surface area (Å²) in [6.45, 7) is 18.2. The Balaban J connectivity index is 1.81. The lowest BCUT2D eigenvalue weighted by molar-refractivity contribution is 0.481. The van der Waals surface area contributed by atoms with Crippen LogP contribution < -0.4 is 0 Å². The van der Waals surface area contributed by atoms with Crippen molar-refractivity contribution in [3.05, 3.63) is 131 Å². The van der Waals surface area contributed by atoms with E-state index in [-0.39, 0.29) is 16.2 Å². The Morgan fingerprint density at radius 2 is 1.54 bits per heavy atom. The molecule has 3 aromatic carbocycles. The summed E-state index contributed by atoms with van der Waals surface area (Å²) < 4.78 is 0. The van der Waals surface area contributed by atoms with Crippen molar-refractivity contribution >= 4 is 0 Å². The SMILES string of the molecule is C=CCCCCC(C1=CC=CC1)(c1ccccc1)c1c(C(C)(C)C)ccc2c1Cc1cc(C(C)(C)C)ccc1-2. The van der Waals surface area contributed by atoms with Gasteiger partial charge in [0.1, 0.15) is 0 Å². The summed E-state index contributed by atoms with van der Waals surface area (Å²) in [6.07, 6.45) is 15.7. The molecule has 0 bridgehead atoms. The summed E-state index contributed by atoms with van der Waals surface area (Å²) >= 11 is 0. The van der Waals surface area contributed by atoms with Crippen molar-refractivity contribution in [3.63, 3.8) is 0 Å². The van der Waals surface area contributed by atoms with Gasteiger partial charge in [0.15, 0.2) is 0 Å². The molecule has 0 heteroatoms. The van der Waals surface area contributed by atoms with E-state index < -0.39 is 0 Å². The normalized spacial score (nSPS) is 16.0. The van der Waals surface area contributed by atoms with E-state index in [4.69, 9.17) is 0 Å². The first-order valence-corrected chi connectivity index (χ1v) is 14.9. The van der Waals surface area contributed by atoms with Crippen LogP contribution in [-0.4, -0.2) is 0 Å². The van der Waals surface area contributed by atoms with E-state index in [2.05, 4.69) is 133 Å². The molecule has 0 heterocycles. The Bertz CT molecular complexity index is 1420. The third kappa shape index (κ3) is 5.00. The summed E-state index contributed by atoms with van der Waals surface area (Å²) in [6, 6.07) is 23.5. The van der Waals surface area contributed by atoms with Crippen LogP contribution in [0, 0.1) is 0 Å². The van der Waals surface area contributed by atoms with Crippen LogP contribution in [0.1, 0.15) is 107 Å². The molecule has 0 nitrogen and oxygen atoms in total. The average Bonchev–Trinajstić information content (AvgIpc) is 3.56. The molecule has 0 N–H and O–H groups in total. The molecule has 0 radical (unpaired) electrons. The highest BCUT2D eigenvalue weighted by molar-refractivity contribution is 5.81. The molecule has 0 fully saturated rings. The Kier molecular flexibility index (Phi) is 7.36. The topological polar surface area (TPSA) is 0 Å². The Labute approximate surface area is 237 Å². The smallest absolute Gasteiger partial charge is 0.0423 e. The van der Waals surface area contributed by atoms with Gasteiger partial charge in [0.2, 0.25) is 0 Å². The second kappa shape index (κ2) is 10.5. The van der Waals surface area contributed by atoms with Crippen LogP contribution >= 0.6 is 0 Å². The molecule has 3 aromatic rings. The minimum Gasteiger partial charge on any atom is -0.103 e. The molecule has 0 spiro atoms. The van der Waals surface area contributed by atoms with Crippen LogP contribution in [0.5, 0.6) is 0 Å². The third-order valence-electron chi connectivity index (χ3n) is 8.97. The van der Waals surface area contributed by atoms with Crippen LogP contribution in [0.25, 0.3) is 11.1 Å². The van der Waals surface area contributed by atoms with Crippen molar-refractivity contribution in [3.8, 4) is 11.1 Å². The van der Waals surface area contributed by atoms with Gasteiger partial charge in [-0.2, -0.15) is 0 Å². The molecule has 202 valence electrons. The van der Waals surface area contributed by atoms with Crippen molar-refractivity contribution in [2.45, 2.75) is 96.3 Å². The van der Waals surface area contributed by atoms with Gasteiger partial charge in [0.25, 0.3) is 0 Å². The van der Waals surface area contributed by atoms with Gasteiger partial charge in [-0.05, 0) is 87.4 Å². The number of fused-ring (bicyclic) bond motifs is 3. The van der Waals surface area contributed by atoms with Gasteiger partial charge in [-0.25, -0.2) is 0 Å². The quantitative estimate of drug-likeness (QED) is 0.162.